The van der Waals surface area contributed by atoms with Gasteiger partial charge >= 0.3 is 0 Å². The molecule has 0 N–H and O–H groups in total. The summed E-state index contributed by atoms with van der Waals surface area (Å²) in [6.45, 7) is 4.95. The Hall–Kier alpha value is -2.95. The molecule has 2 aromatic rings. The second kappa shape index (κ2) is 8.83. The summed E-state index contributed by atoms with van der Waals surface area (Å²) in [5.74, 6) is -0.971. The first-order chi connectivity index (χ1) is 13.6. The van der Waals surface area contributed by atoms with Crippen LogP contribution in [0.2, 0.25) is 0 Å². The molecule has 5 heteroatoms. The van der Waals surface area contributed by atoms with Crippen LogP contribution >= 0.6 is 0 Å². The summed E-state index contributed by atoms with van der Waals surface area (Å²) >= 11 is 0. The van der Waals surface area contributed by atoms with Crippen LogP contribution in [0, 0.1) is 5.82 Å². The van der Waals surface area contributed by atoms with Crippen molar-refractivity contribution in [1.29, 1.82) is 0 Å². The maximum Gasteiger partial charge on any atom is 0.278 e. The average molecular weight is 380 g/mol. The Bertz CT molecular complexity index is 875. The Balaban J connectivity index is 2.09. The first-order valence-corrected chi connectivity index (χ1v) is 9.77. The summed E-state index contributed by atoms with van der Waals surface area (Å²) in [6, 6.07) is 15.3. The quantitative estimate of drug-likeness (QED) is 0.495. The van der Waals surface area contributed by atoms with Gasteiger partial charge in [0, 0.05) is 18.8 Å². The minimum absolute atomic E-state index is 0.286. The van der Waals surface area contributed by atoms with E-state index in [1.165, 1.54) is 17.0 Å². The second-order valence-electron chi connectivity index (χ2n) is 6.78. The largest absolute Gasteiger partial charge is 0.337 e. The van der Waals surface area contributed by atoms with Crippen molar-refractivity contribution in [3.8, 4) is 0 Å². The van der Waals surface area contributed by atoms with E-state index in [1.807, 2.05) is 42.2 Å². The molecule has 1 aliphatic heterocycles. The Morgan fingerprint density at radius 3 is 2.18 bits per heavy atom. The van der Waals surface area contributed by atoms with Crippen LogP contribution < -0.4 is 4.90 Å². The van der Waals surface area contributed by atoms with Crippen molar-refractivity contribution >= 4 is 23.1 Å². The van der Waals surface area contributed by atoms with E-state index in [-0.39, 0.29) is 17.6 Å². The fourth-order valence-corrected chi connectivity index (χ4v) is 3.49. The van der Waals surface area contributed by atoms with Gasteiger partial charge in [-0.2, -0.15) is 0 Å². The zero-order chi connectivity index (χ0) is 20.1. The highest BCUT2D eigenvalue weighted by Gasteiger charge is 2.41. The third kappa shape index (κ3) is 3.84. The molecule has 0 bridgehead atoms. The Morgan fingerprint density at radius 1 is 0.893 bits per heavy atom. The number of hydrogen-bond donors (Lipinski definition) is 0. The first kappa shape index (κ1) is 19.8. The molecule has 0 unspecified atom stereocenters. The number of likely N-dealkylation sites (N-methyl/N-ethyl adjacent to an activating group) is 1. The van der Waals surface area contributed by atoms with E-state index in [4.69, 9.17) is 0 Å². The van der Waals surface area contributed by atoms with Crippen molar-refractivity contribution in [1.82, 2.24) is 4.90 Å². The molecule has 0 saturated heterocycles. The second-order valence-corrected chi connectivity index (χ2v) is 6.78. The van der Waals surface area contributed by atoms with Crippen LogP contribution in [0.5, 0.6) is 0 Å². The normalized spacial score (nSPS) is 14.2. The highest BCUT2D eigenvalue weighted by atomic mass is 19.1. The highest BCUT2D eigenvalue weighted by molar-refractivity contribution is 6.36. The summed E-state index contributed by atoms with van der Waals surface area (Å²) in [7, 11) is 0. The molecule has 4 nitrogen and oxygen atoms in total. The van der Waals surface area contributed by atoms with E-state index < -0.39 is 0 Å². The number of nitrogens with zero attached hydrogens (tertiary/aromatic N) is 2. The third-order valence-electron chi connectivity index (χ3n) is 4.92. The van der Waals surface area contributed by atoms with Crippen LogP contribution in [0.4, 0.5) is 10.1 Å². The van der Waals surface area contributed by atoms with Crippen molar-refractivity contribution in [2.24, 2.45) is 0 Å². The number of amides is 2. The number of hydrogen-bond acceptors (Lipinski definition) is 3. The lowest BCUT2D eigenvalue weighted by Crippen LogP contribution is -2.36. The fraction of sp³-hybridized carbons (Fsp3) is 0.304. The molecule has 0 atom stereocenters. The molecule has 28 heavy (non-hydrogen) atoms. The smallest absolute Gasteiger partial charge is 0.278 e. The van der Waals surface area contributed by atoms with E-state index in [1.54, 1.807) is 12.1 Å². The van der Waals surface area contributed by atoms with Crippen LogP contribution in [-0.2, 0) is 9.59 Å². The number of imide groups is 1. The fourth-order valence-electron chi connectivity index (χ4n) is 3.49. The number of carbonyl (C=O) groups is 2. The zero-order valence-corrected chi connectivity index (χ0v) is 16.3. The van der Waals surface area contributed by atoms with Gasteiger partial charge in [0.1, 0.15) is 11.5 Å². The maximum atomic E-state index is 13.4. The minimum atomic E-state index is -0.377. The topological polar surface area (TPSA) is 40.6 Å². The van der Waals surface area contributed by atoms with Crippen molar-refractivity contribution in [2.45, 2.75) is 33.1 Å². The SMILES string of the molecule is CCCCCN1C(=O)C(c2ccc(F)cc2)=C(N(CC)c2ccccc2)C1=O. The molecule has 0 saturated carbocycles. The summed E-state index contributed by atoms with van der Waals surface area (Å²) < 4.78 is 13.4. The summed E-state index contributed by atoms with van der Waals surface area (Å²) in [6.07, 6.45) is 2.73. The molecule has 0 aliphatic carbocycles. The molecule has 2 aromatic carbocycles. The van der Waals surface area contributed by atoms with Crippen LogP contribution in [0.3, 0.4) is 0 Å². The molecule has 146 valence electrons. The van der Waals surface area contributed by atoms with Crippen molar-refractivity contribution in [3.63, 3.8) is 0 Å². The Labute approximate surface area is 165 Å². The number of para-hydroxylation sites is 1. The van der Waals surface area contributed by atoms with Gasteiger partial charge in [0.05, 0.1) is 5.57 Å². The van der Waals surface area contributed by atoms with Gasteiger partial charge < -0.3 is 4.90 Å². The molecule has 0 fully saturated rings. The molecular formula is C23H25FN2O2. The number of halogens is 1. The number of anilines is 1. The van der Waals surface area contributed by atoms with Gasteiger partial charge in [-0.05, 0) is 43.2 Å². The average Bonchev–Trinajstić information content (AvgIpc) is 2.95. The lowest BCUT2D eigenvalue weighted by atomic mass is 10.0. The van der Waals surface area contributed by atoms with Crippen LogP contribution in [0.15, 0.2) is 60.3 Å². The van der Waals surface area contributed by atoms with E-state index in [2.05, 4.69) is 6.92 Å². The van der Waals surface area contributed by atoms with Gasteiger partial charge in [-0.1, -0.05) is 50.1 Å². The standard InChI is InChI=1S/C23H25FN2O2/c1-3-5-9-16-26-22(27)20(17-12-14-18(24)15-13-17)21(23(26)28)25(4-2)19-10-7-6-8-11-19/h6-8,10-15H,3-5,9,16H2,1-2H3. The van der Waals surface area contributed by atoms with E-state index in [0.29, 0.717) is 29.9 Å². The van der Waals surface area contributed by atoms with E-state index >= 15 is 0 Å². The minimum Gasteiger partial charge on any atom is -0.337 e. The van der Waals surface area contributed by atoms with Gasteiger partial charge in [-0.3, -0.25) is 14.5 Å². The van der Waals surface area contributed by atoms with Gasteiger partial charge in [0.2, 0.25) is 0 Å². The lowest BCUT2D eigenvalue weighted by Gasteiger charge is -2.25. The van der Waals surface area contributed by atoms with Crippen LogP contribution in [0.1, 0.15) is 38.7 Å². The Morgan fingerprint density at radius 2 is 1.57 bits per heavy atom. The van der Waals surface area contributed by atoms with Gasteiger partial charge in [0.15, 0.2) is 0 Å². The predicted molar refractivity (Wildman–Crippen MR) is 109 cm³/mol. The number of rotatable bonds is 8. The van der Waals surface area contributed by atoms with Gasteiger partial charge in [0.25, 0.3) is 11.8 Å². The van der Waals surface area contributed by atoms with Crippen molar-refractivity contribution in [2.75, 3.05) is 18.0 Å². The monoisotopic (exact) mass is 380 g/mol. The molecule has 0 aromatic heterocycles. The summed E-state index contributed by atoms with van der Waals surface area (Å²) in [4.78, 5) is 29.6. The molecule has 1 aliphatic rings. The molecule has 2 amide bonds. The van der Waals surface area contributed by atoms with E-state index in [9.17, 15) is 14.0 Å². The molecule has 0 radical (unpaired) electrons. The van der Waals surface area contributed by atoms with E-state index in [0.717, 1.165) is 24.9 Å². The summed E-state index contributed by atoms with van der Waals surface area (Å²) in [5, 5.41) is 0. The Kier molecular flexibility index (Phi) is 6.24. The number of unbranched alkanes of at least 4 members (excludes halogenated alkanes) is 2. The molecule has 0 spiro atoms. The lowest BCUT2D eigenvalue weighted by molar-refractivity contribution is -0.137. The maximum absolute atomic E-state index is 13.4. The predicted octanol–water partition coefficient (Wildman–Crippen LogP) is 4.62. The van der Waals surface area contributed by atoms with Gasteiger partial charge in [-0.25, -0.2) is 4.39 Å². The van der Waals surface area contributed by atoms with Gasteiger partial charge in [-0.15, -0.1) is 0 Å². The van der Waals surface area contributed by atoms with Crippen LogP contribution in [-0.4, -0.2) is 29.8 Å². The number of benzene rings is 2. The molecule has 3 rings (SSSR count). The highest BCUT2D eigenvalue weighted by Crippen LogP contribution is 2.34. The molecular weight excluding hydrogens is 355 g/mol. The first-order valence-electron chi connectivity index (χ1n) is 9.77. The van der Waals surface area contributed by atoms with Crippen LogP contribution in [0.25, 0.3) is 5.57 Å². The third-order valence-corrected chi connectivity index (χ3v) is 4.92. The van der Waals surface area contributed by atoms with Crippen molar-refractivity contribution < 1.29 is 14.0 Å². The summed E-state index contributed by atoms with van der Waals surface area (Å²) in [5.41, 5.74) is 2.10. The zero-order valence-electron chi connectivity index (χ0n) is 16.3. The van der Waals surface area contributed by atoms with Crippen molar-refractivity contribution in [3.05, 3.63) is 71.7 Å². The molecule has 1 heterocycles. The number of carbonyl (C=O) groups excluding carboxylic acids is 2.